The SMILES string of the molecule is C=CCS(=O)(=O)c1ccccc1NC(=O)CC(N)=O. The summed E-state index contributed by atoms with van der Waals surface area (Å²) in [6.07, 6.45) is 0.757. The van der Waals surface area contributed by atoms with Crippen molar-refractivity contribution in [2.24, 2.45) is 5.73 Å². The zero-order chi connectivity index (χ0) is 14.5. The van der Waals surface area contributed by atoms with Crippen molar-refractivity contribution in [1.82, 2.24) is 0 Å². The molecular weight excluding hydrogens is 268 g/mol. The molecule has 0 saturated heterocycles. The maximum atomic E-state index is 11.9. The van der Waals surface area contributed by atoms with Gasteiger partial charge in [0.15, 0.2) is 9.84 Å². The van der Waals surface area contributed by atoms with Crippen molar-refractivity contribution in [2.75, 3.05) is 11.1 Å². The van der Waals surface area contributed by atoms with Crippen molar-refractivity contribution in [3.8, 4) is 0 Å². The van der Waals surface area contributed by atoms with Crippen LogP contribution in [0.4, 0.5) is 5.69 Å². The molecule has 1 rings (SSSR count). The minimum atomic E-state index is -3.56. The molecule has 1 aromatic carbocycles. The van der Waals surface area contributed by atoms with E-state index < -0.39 is 28.1 Å². The average Bonchev–Trinajstić information content (AvgIpc) is 2.28. The van der Waals surface area contributed by atoms with E-state index in [-0.39, 0.29) is 16.3 Å². The summed E-state index contributed by atoms with van der Waals surface area (Å²) in [6.45, 7) is 3.37. The van der Waals surface area contributed by atoms with Crippen molar-refractivity contribution >= 4 is 27.3 Å². The van der Waals surface area contributed by atoms with Gasteiger partial charge in [-0.2, -0.15) is 0 Å². The topological polar surface area (TPSA) is 106 Å². The van der Waals surface area contributed by atoms with Crippen LogP contribution in [0.5, 0.6) is 0 Å². The summed E-state index contributed by atoms with van der Waals surface area (Å²) in [5.74, 6) is -1.69. The van der Waals surface area contributed by atoms with Crippen molar-refractivity contribution in [3.05, 3.63) is 36.9 Å². The van der Waals surface area contributed by atoms with Crippen molar-refractivity contribution in [3.63, 3.8) is 0 Å². The minimum absolute atomic E-state index is 0.0206. The number of benzene rings is 1. The van der Waals surface area contributed by atoms with Gasteiger partial charge in [-0.05, 0) is 12.1 Å². The summed E-state index contributed by atoms with van der Waals surface area (Å²) in [7, 11) is -3.56. The van der Waals surface area contributed by atoms with Crippen LogP contribution >= 0.6 is 0 Å². The highest BCUT2D eigenvalue weighted by molar-refractivity contribution is 7.91. The molecule has 19 heavy (non-hydrogen) atoms. The molecule has 0 saturated carbocycles. The number of rotatable bonds is 6. The van der Waals surface area contributed by atoms with Gasteiger partial charge in [0.1, 0.15) is 6.42 Å². The first kappa shape index (κ1) is 14.9. The molecule has 0 fully saturated rings. The summed E-state index contributed by atoms with van der Waals surface area (Å²) in [5, 5.41) is 2.35. The summed E-state index contributed by atoms with van der Waals surface area (Å²) in [6, 6.07) is 5.93. The second-order valence-corrected chi connectivity index (χ2v) is 5.76. The Kier molecular flexibility index (Phi) is 4.82. The monoisotopic (exact) mass is 282 g/mol. The van der Waals surface area contributed by atoms with Gasteiger partial charge in [0.25, 0.3) is 0 Å². The summed E-state index contributed by atoms with van der Waals surface area (Å²) in [5.41, 5.74) is 5.01. The highest BCUT2D eigenvalue weighted by Crippen LogP contribution is 2.22. The number of nitrogens with one attached hydrogen (secondary N) is 1. The fraction of sp³-hybridized carbons (Fsp3) is 0.167. The normalized spacial score (nSPS) is 10.7. The Morgan fingerprint density at radius 1 is 1.32 bits per heavy atom. The van der Waals surface area contributed by atoms with Crippen molar-refractivity contribution in [1.29, 1.82) is 0 Å². The number of hydrogen-bond acceptors (Lipinski definition) is 4. The van der Waals surface area contributed by atoms with Crippen LogP contribution in [0, 0.1) is 0 Å². The second-order valence-electron chi connectivity index (χ2n) is 3.76. The maximum Gasteiger partial charge on any atom is 0.233 e. The lowest BCUT2D eigenvalue weighted by atomic mass is 10.3. The van der Waals surface area contributed by atoms with Crippen molar-refractivity contribution in [2.45, 2.75) is 11.3 Å². The van der Waals surface area contributed by atoms with Gasteiger partial charge in [0, 0.05) is 0 Å². The number of anilines is 1. The maximum absolute atomic E-state index is 11.9. The molecule has 0 heterocycles. The zero-order valence-corrected chi connectivity index (χ0v) is 10.9. The highest BCUT2D eigenvalue weighted by atomic mass is 32.2. The first-order chi connectivity index (χ1) is 8.86. The Hall–Kier alpha value is -2.15. The van der Waals surface area contributed by atoms with E-state index >= 15 is 0 Å². The summed E-state index contributed by atoms with van der Waals surface area (Å²) >= 11 is 0. The van der Waals surface area contributed by atoms with Crippen LogP contribution in [-0.2, 0) is 19.4 Å². The largest absolute Gasteiger partial charge is 0.369 e. The molecule has 0 aliphatic heterocycles. The third kappa shape index (κ3) is 4.22. The molecule has 7 heteroatoms. The Morgan fingerprint density at radius 2 is 1.95 bits per heavy atom. The van der Waals surface area contributed by atoms with Crippen LogP contribution in [0.3, 0.4) is 0 Å². The molecule has 2 amide bonds. The molecule has 0 aromatic heterocycles. The van der Waals surface area contributed by atoms with Gasteiger partial charge in [-0.3, -0.25) is 9.59 Å². The molecule has 102 valence electrons. The van der Waals surface area contributed by atoms with Gasteiger partial charge in [0.05, 0.1) is 16.3 Å². The van der Waals surface area contributed by atoms with Crippen LogP contribution in [0.1, 0.15) is 6.42 Å². The molecule has 0 aliphatic carbocycles. The predicted molar refractivity (Wildman–Crippen MR) is 71.1 cm³/mol. The average molecular weight is 282 g/mol. The third-order valence-electron chi connectivity index (χ3n) is 2.17. The van der Waals surface area contributed by atoms with Crippen molar-refractivity contribution < 1.29 is 18.0 Å². The van der Waals surface area contributed by atoms with Crippen LogP contribution in [0.25, 0.3) is 0 Å². The number of primary amides is 1. The van der Waals surface area contributed by atoms with Crippen LogP contribution in [0.15, 0.2) is 41.8 Å². The smallest absolute Gasteiger partial charge is 0.233 e. The fourth-order valence-corrected chi connectivity index (χ4v) is 2.67. The Balaban J connectivity index is 3.06. The van der Waals surface area contributed by atoms with E-state index in [4.69, 9.17) is 5.73 Å². The molecular formula is C12H14N2O4S. The molecule has 1 aromatic rings. The Morgan fingerprint density at radius 3 is 2.53 bits per heavy atom. The van der Waals surface area contributed by atoms with E-state index in [2.05, 4.69) is 11.9 Å². The lowest BCUT2D eigenvalue weighted by Crippen LogP contribution is -2.22. The quantitative estimate of drug-likeness (QED) is 0.584. The van der Waals surface area contributed by atoms with E-state index in [1.54, 1.807) is 12.1 Å². The molecule has 0 bridgehead atoms. The summed E-state index contributed by atoms with van der Waals surface area (Å²) in [4.78, 5) is 22.0. The lowest BCUT2D eigenvalue weighted by molar-refractivity contribution is -0.124. The van der Waals surface area contributed by atoms with E-state index in [0.29, 0.717) is 0 Å². The lowest BCUT2D eigenvalue weighted by Gasteiger charge is -2.10. The van der Waals surface area contributed by atoms with Crippen LogP contribution < -0.4 is 11.1 Å². The molecule has 6 nitrogen and oxygen atoms in total. The predicted octanol–water partition coefficient (Wildman–Crippen LogP) is 0.460. The molecule has 0 atom stereocenters. The number of amides is 2. The van der Waals surface area contributed by atoms with E-state index in [1.165, 1.54) is 18.2 Å². The third-order valence-corrected chi connectivity index (χ3v) is 3.87. The molecule has 0 spiro atoms. The number of carbonyl (C=O) groups excluding carboxylic acids is 2. The van der Waals surface area contributed by atoms with E-state index in [0.717, 1.165) is 0 Å². The Labute approximate surface area is 111 Å². The van der Waals surface area contributed by atoms with Gasteiger partial charge in [-0.25, -0.2) is 8.42 Å². The number of sulfone groups is 1. The fourth-order valence-electron chi connectivity index (χ4n) is 1.44. The standard InChI is InChI=1S/C12H14N2O4S/c1-2-7-19(17,18)10-6-4-3-5-9(10)14-12(16)8-11(13)15/h2-6H,1,7-8H2,(H2,13,15)(H,14,16). The molecule has 0 unspecified atom stereocenters. The number of hydrogen-bond donors (Lipinski definition) is 2. The first-order valence-electron chi connectivity index (χ1n) is 5.37. The van der Waals surface area contributed by atoms with E-state index in [9.17, 15) is 18.0 Å². The number of nitrogens with two attached hydrogens (primary N) is 1. The van der Waals surface area contributed by atoms with Gasteiger partial charge in [-0.1, -0.05) is 18.2 Å². The van der Waals surface area contributed by atoms with Crippen LogP contribution in [-0.4, -0.2) is 26.0 Å². The number of para-hydroxylation sites is 1. The van der Waals surface area contributed by atoms with E-state index in [1.807, 2.05) is 0 Å². The van der Waals surface area contributed by atoms with Crippen LogP contribution in [0.2, 0.25) is 0 Å². The minimum Gasteiger partial charge on any atom is -0.369 e. The summed E-state index contributed by atoms with van der Waals surface area (Å²) < 4.78 is 23.9. The second kappa shape index (κ2) is 6.14. The van der Waals surface area contributed by atoms with Gasteiger partial charge in [0.2, 0.25) is 11.8 Å². The van der Waals surface area contributed by atoms with Gasteiger partial charge >= 0.3 is 0 Å². The molecule has 3 N–H and O–H groups in total. The molecule has 0 aliphatic rings. The highest BCUT2D eigenvalue weighted by Gasteiger charge is 2.18. The van der Waals surface area contributed by atoms with Gasteiger partial charge < -0.3 is 11.1 Å². The van der Waals surface area contributed by atoms with Gasteiger partial charge in [-0.15, -0.1) is 6.58 Å². The number of carbonyl (C=O) groups is 2. The Bertz CT molecular complexity index is 608. The first-order valence-corrected chi connectivity index (χ1v) is 7.03. The molecule has 0 radical (unpaired) electrons. The zero-order valence-electron chi connectivity index (χ0n) is 10.1.